The van der Waals surface area contributed by atoms with Crippen LogP contribution in [0, 0.1) is 0 Å². The van der Waals surface area contributed by atoms with Crippen molar-refractivity contribution < 1.29 is 4.79 Å². The van der Waals surface area contributed by atoms with Gasteiger partial charge < -0.3 is 5.32 Å². The summed E-state index contributed by atoms with van der Waals surface area (Å²) < 4.78 is 0. The highest BCUT2D eigenvalue weighted by atomic mass is 32.1. The van der Waals surface area contributed by atoms with E-state index in [4.69, 9.17) is 0 Å². The van der Waals surface area contributed by atoms with Gasteiger partial charge in [0.2, 0.25) is 5.91 Å². The molecule has 26 heavy (non-hydrogen) atoms. The monoisotopic (exact) mass is 378 g/mol. The topological polar surface area (TPSA) is 42.0 Å². The Balaban J connectivity index is 1.46. The molecule has 1 N–H and O–H groups in total. The Morgan fingerprint density at radius 3 is 2.81 bits per heavy atom. The van der Waals surface area contributed by atoms with Crippen LogP contribution in [-0.4, -0.2) is 10.9 Å². The number of fused-ring (bicyclic) bond motifs is 1. The lowest BCUT2D eigenvalue weighted by Crippen LogP contribution is -2.28. The fourth-order valence-corrected chi connectivity index (χ4v) is 4.60. The van der Waals surface area contributed by atoms with Gasteiger partial charge in [0.15, 0.2) is 0 Å². The third kappa shape index (κ3) is 3.54. The number of nitrogens with one attached hydrogen (secondary N) is 1. The van der Waals surface area contributed by atoms with Crippen molar-refractivity contribution in [3.05, 3.63) is 75.9 Å². The Bertz CT molecular complexity index is 1030. The standard InChI is InChI=1S/C21H18N2OS2/c1-14(18-8-4-6-15-5-2-3-7-19(15)18)22-20(24)11-17-13-26-21(23-17)16-9-10-25-12-16/h2-10,12-14H,11H2,1H3,(H,22,24). The van der Waals surface area contributed by atoms with Crippen molar-refractivity contribution in [2.45, 2.75) is 19.4 Å². The van der Waals surface area contributed by atoms with Crippen LogP contribution in [-0.2, 0) is 11.2 Å². The van der Waals surface area contributed by atoms with Gasteiger partial charge in [-0.25, -0.2) is 4.98 Å². The summed E-state index contributed by atoms with van der Waals surface area (Å²) in [5.41, 5.74) is 3.07. The molecule has 5 heteroatoms. The quantitative estimate of drug-likeness (QED) is 0.502. The first-order chi connectivity index (χ1) is 12.7. The molecule has 0 spiro atoms. The van der Waals surface area contributed by atoms with E-state index >= 15 is 0 Å². The van der Waals surface area contributed by atoms with Gasteiger partial charge in [0, 0.05) is 16.3 Å². The second kappa shape index (κ2) is 7.40. The van der Waals surface area contributed by atoms with Gasteiger partial charge in [-0.15, -0.1) is 11.3 Å². The van der Waals surface area contributed by atoms with Crippen molar-refractivity contribution >= 4 is 39.4 Å². The van der Waals surface area contributed by atoms with Gasteiger partial charge in [-0.05, 0) is 34.7 Å². The van der Waals surface area contributed by atoms with Crippen LogP contribution >= 0.6 is 22.7 Å². The zero-order valence-corrected chi connectivity index (χ0v) is 15.9. The first-order valence-electron chi connectivity index (χ1n) is 8.45. The lowest BCUT2D eigenvalue weighted by atomic mass is 9.99. The molecule has 4 aromatic rings. The van der Waals surface area contributed by atoms with E-state index in [1.165, 1.54) is 10.8 Å². The minimum Gasteiger partial charge on any atom is -0.349 e. The molecule has 2 aromatic carbocycles. The number of hydrogen-bond acceptors (Lipinski definition) is 4. The summed E-state index contributed by atoms with van der Waals surface area (Å²) in [5.74, 6) is -0.00685. The van der Waals surface area contributed by atoms with Crippen LogP contribution < -0.4 is 5.32 Å². The van der Waals surface area contributed by atoms with Crippen LogP contribution in [0.4, 0.5) is 0 Å². The summed E-state index contributed by atoms with van der Waals surface area (Å²) in [5, 5.41) is 12.5. The summed E-state index contributed by atoms with van der Waals surface area (Å²) in [7, 11) is 0. The fourth-order valence-electron chi connectivity index (χ4n) is 3.07. The van der Waals surface area contributed by atoms with Crippen molar-refractivity contribution in [1.29, 1.82) is 0 Å². The molecule has 0 radical (unpaired) electrons. The third-order valence-electron chi connectivity index (χ3n) is 4.33. The van der Waals surface area contributed by atoms with Crippen LogP contribution in [0.15, 0.2) is 64.7 Å². The average molecular weight is 379 g/mol. The van der Waals surface area contributed by atoms with E-state index in [0.29, 0.717) is 6.42 Å². The van der Waals surface area contributed by atoms with Gasteiger partial charge in [0.1, 0.15) is 5.01 Å². The zero-order chi connectivity index (χ0) is 17.9. The Morgan fingerprint density at radius 2 is 1.96 bits per heavy atom. The van der Waals surface area contributed by atoms with Crippen molar-refractivity contribution in [1.82, 2.24) is 10.3 Å². The largest absolute Gasteiger partial charge is 0.349 e. The Hall–Kier alpha value is -2.50. The Kier molecular flexibility index (Phi) is 4.82. The number of amides is 1. The molecule has 0 bridgehead atoms. The van der Waals surface area contributed by atoms with E-state index in [1.807, 2.05) is 35.9 Å². The van der Waals surface area contributed by atoms with Crippen LogP contribution in [0.1, 0.15) is 24.2 Å². The van der Waals surface area contributed by atoms with Gasteiger partial charge in [-0.3, -0.25) is 4.79 Å². The summed E-state index contributed by atoms with van der Waals surface area (Å²) in [4.78, 5) is 17.1. The number of nitrogens with zero attached hydrogens (tertiary/aromatic N) is 1. The molecule has 1 unspecified atom stereocenters. The predicted octanol–water partition coefficient (Wildman–Crippen LogP) is 5.44. The van der Waals surface area contributed by atoms with Gasteiger partial charge in [0.05, 0.1) is 18.2 Å². The molecule has 1 atom stereocenters. The summed E-state index contributed by atoms with van der Waals surface area (Å²) in [6.45, 7) is 2.03. The molecule has 4 rings (SSSR count). The van der Waals surface area contributed by atoms with Gasteiger partial charge in [-0.2, -0.15) is 11.3 Å². The molecule has 3 nitrogen and oxygen atoms in total. The molecular weight excluding hydrogens is 360 g/mol. The van der Waals surface area contributed by atoms with Crippen LogP contribution in [0.3, 0.4) is 0 Å². The molecule has 0 aliphatic heterocycles. The number of benzene rings is 2. The number of aromatic nitrogens is 1. The summed E-state index contributed by atoms with van der Waals surface area (Å²) in [6.07, 6.45) is 0.301. The Morgan fingerprint density at radius 1 is 1.12 bits per heavy atom. The lowest BCUT2D eigenvalue weighted by Gasteiger charge is -2.16. The number of rotatable bonds is 5. The highest BCUT2D eigenvalue weighted by molar-refractivity contribution is 7.14. The highest BCUT2D eigenvalue weighted by Gasteiger charge is 2.14. The SMILES string of the molecule is CC(NC(=O)Cc1csc(-c2ccsc2)n1)c1cccc2ccccc12. The molecule has 0 aliphatic rings. The van der Waals surface area contributed by atoms with Crippen LogP contribution in [0.5, 0.6) is 0 Å². The molecule has 1 amide bonds. The minimum absolute atomic E-state index is 0.00685. The van der Waals surface area contributed by atoms with Crippen molar-refractivity contribution in [3.8, 4) is 10.6 Å². The summed E-state index contributed by atoms with van der Waals surface area (Å²) >= 11 is 3.23. The normalized spacial score (nSPS) is 12.2. The molecule has 130 valence electrons. The first kappa shape index (κ1) is 16.9. The molecule has 0 fully saturated rings. The lowest BCUT2D eigenvalue weighted by molar-refractivity contribution is -0.121. The number of carbonyl (C=O) groups excluding carboxylic acids is 1. The highest BCUT2D eigenvalue weighted by Crippen LogP contribution is 2.26. The van der Waals surface area contributed by atoms with Crippen molar-refractivity contribution in [3.63, 3.8) is 0 Å². The molecule has 2 aromatic heterocycles. The van der Waals surface area contributed by atoms with E-state index in [2.05, 4.69) is 46.0 Å². The maximum absolute atomic E-state index is 12.5. The van der Waals surface area contributed by atoms with Gasteiger partial charge in [-0.1, -0.05) is 42.5 Å². The molecular formula is C21H18N2OS2. The van der Waals surface area contributed by atoms with Crippen LogP contribution in [0.25, 0.3) is 21.3 Å². The van der Waals surface area contributed by atoms with Crippen molar-refractivity contribution in [2.75, 3.05) is 0 Å². The van der Waals surface area contributed by atoms with Crippen molar-refractivity contribution in [2.24, 2.45) is 0 Å². The average Bonchev–Trinajstić information content (AvgIpc) is 3.32. The molecule has 2 heterocycles. The maximum atomic E-state index is 12.5. The maximum Gasteiger partial charge on any atom is 0.226 e. The van der Waals surface area contributed by atoms with Gasteiger partial charge in [0.25, 0.3) is 0 Å². The zero-order valence-electron chi connectivity index (χ0n) is 14.3. The molecule has 0 saturated carbocycles. The minimum atomic E-state index is -0.0522. The van der Waals surface area contributed by atoms with E-state index in [1.54, 1.807) is 22.7 Å². The van der Waals surface area contributed by atoms with Crippen LogP contribution in [0.2, 0.25) is 0 Å². The molecule has 0 aliphatic carbocycles. The Labute approximate surface area is 160 Å². The smallest absolute Gasteiger partial charge is 0.226 e. The second-order valence-electron chi connectivity index (χ2n) is 6.19. The summed E-state index contributed by atoms with van der Waals surface area (Å²) in [6, 6.07) is 16.5. The third-order valence-corrected chi connectivity index (χ3v) is 5.95. The number of carbonyl (C=O) groups is 1. The van der Waals surface area contributed by atoms with E-state index in [-0.39, 0.29) is 11.9 Å². The number of thiophene rings is 1. The van der Waals surface area contributed by atoms with E-state index < -0.39 is 0 Å². The molecule has 0 saturated heterocycles. The predicted molar refractivity (Wildman–Crippen MR) is 110 cm³/mol. The number of thiazole rings is 1. The first-order valence-corrected chi connectivity index (χ1v) is 10.3. The van der Waals surface area contributed by atoms with E-state index in [9.17, 15) is 4.79 Å². The fraction of sp³-hybridized carbons (Fsp3) is 0.143. The van der Waals surface area contributed by atoms with Gasteiger partial charge >= 0.3 is 0 Å². The van der Waals surface area contributed by atoms with E-state index in [0.717, 1.165) is 21.8 Å². The number of hydrogen-bond donors (Lipinski definition) is 1. The second-order valence-corrected chi connectivity index (χ2v) is 7.83.